The minimum atomic E-state index is -0.861. The van der Waals surface area contributed by atoms with Gasteiger partial charge in [0.15, 0.2) is 5.13 Å². The molecule has 1 aliphatic rings. The van der Waals surface area contributed by atoms with E-state index in [4.69, 9.17) is 0 Å². The minimum Gasteiger partial charge on any atom is -0.339 e. The zero-order chi connectivity index (χ0) is 19.6. The van der Waals surface area contributed by atoms with E-state index in [2.05, 4.69) is 10.3 Å². The van der Waals surface area contributed by atoms with Crippen LogP contribution in [0.15, 0.2) is 23.6 Å². The summed E-state index contributed by atoms with van der Waals surface area (Å²) in [5.74, 6) is -2.78. The summed E-state index contributed by atoms with van der Waals surface area (Å²) in [5.41, 5.74) is -0.0204. The summed E-state index contributed by atoms with van der Waals surface area (Å²) < 4.78 is 26.4. The molecule has 10 heteroatoms. The number of rotatable bonds is 3. The first-order valence-electron chi connectivity index (χ1n) is 8.11. The van der Waals surface area contributed by atoms with Crippen LogP contribution in [-0.2, 0) is 4.79 Å². The van der Waals surface area contributed by atoms with Gasteiger partial charge in [-0.25, -0.2) is 13.8 Å². The van der Waals surface area contributed by atoms with Crippen LogP contribution in [0.4, 0.5) is 13.9 Å². The van der Waals surface area contributed by atoms with E-state index in [0.717, 1.165) is 23.5 Å². The largest absolute Gasteiger partial charge is 0.339 e. The van der Waals surface area contributed by atoms with Crippen molar-refractivity contribution in [3.8, 4) is 0 Å². The monoisotopic (exact) mass is 394 g/mol. The van der Waals surface area contributed by atoms with Crippen LogP contribution in [-0.4, -0.2) is 58.7 Å². The number of anilines is 1. The predicted octanol–water partition coefficient (Wildman–Crippen LogP) is 1.98. The van der Waals surface area contributed by atoms with Gasteiger partial charge in [-0.15, -0.1) is 11.3 Å². The lowest BCUT2D eigenvalue weighted by Gasteiger charge is -2.33. The fourth-order valence-electron chi connectivity index (χ4n) is 2.67. The predicted molar refractivity (Wildman–Crippen MR) is 94.6 cm³/mol. The number of aromatic nitrogens is 1. The van der Waals surface area contributed by atoms with Crippen LogP contribution in [0.25, 0.3) is 0 Å². The van der Waals surface area contributed by atoms with Crippen molar-refractivity contribution in [3.63, 3.8) is 0 Å². The third kappa shape index (κ3) is 4.45. The van der Waals surface area contributed by atoms with E-state index in [-0.39, 0.29) is 28.2 Å². The van der Waals surface area contributed by atoms with Crippen molar-refractivity contribution in [1.29, 1.82) is 0 Å². The third-order valence-corrected chi connectivity index (χ3v) is 4.84. The molecule has 27 heavy (non-hydrogen) atoms. The SMILES string of the molecule is CC(=O)N1CCN(C(=O)c2csc(NC(=O)c3cc(F)cc(F)c3)n2)CC1. The molecule has 3 amide bonds. The number of halogens is 2. The van der Waals surface area contributed by atoms with E-state index >= 15 is 0 Å². The minimum absolute atomic E-state index is 0.0328. The number of hydrogen-bond acceptors (Lipinski definition) is 5. The Morgan fingerprint density at radius 2 is 1.63 bits per heavy atom. The molecule has 0 atom stereocenters. The molecule has 1 N–H and O–H groups in total. The van der Waals surface area contributed by atoms with Gasteiger partial charge in [0.2, 0.25) is 5.91 Å². The molecule has 2 aromatic rings. The smallest absolute Gasteiger partial charge is 0.273 e. The number of hydrogen-bond donors (Lipinski definition) is 1. The second-order valence-electron chi connectivity index (χ2n) is 5.95. The maximum absolute atomic E-state index is 13.2. The quantitative estimate of drug-likeness (QED) is 0.863. The second-order valence-corrected chi connectivity index (χ2v) is 6.81. The summed E-state index contributed by atoms with van der Waals surface area (Å²) >= 11 is 1.04. The van der Waals surface area contributed by atoms with Gasteiger partial charge in [-0.3, -0.25) is 19.7 Å². The topological polar surface area (TPSA) is 82.6 Å². The zero-order valence-electron chi connectivity index (χ0n) is 14.4. The molecule has 0 bridgehead atoms. The summed E-state index contributed by atoms with van der Waals surface area (Å²) in [7, 11) is 0. The lowest BCUT2D eigenvalue weighted by atomic mass is 10.2. The van der Waals surface area contributed by atoms with Crippen LogP contribution in [0.1, 0.15) is 27.8 Å². The summed E-state index contributed by atoms with van der Waals surface area (Å²) in [6.45, 7) is 3.21. The number of benzene rings is 1. The van der Waals surface area contributed by atoms with Gasteiger partial charge in [0.25, 0.3) is 11.8 Å². The maximum Gasteiger partial charge on any atom is 0.273 e. The van der Waals surface area contributed by atoms with Gasteiger partial charge in [-0.05, 0) is 12.1 Å². The van der Waals surface area contributed by atoms with Gasteiger partial charge in [0.05, 0.1) is 0 Å². The first-order valence-corrected chi connectivity index (χ1v) is 8.99. The molecule has 1 aliphatic heterocycles. The molecule has 2 heterocycles. The van der Waals surface area contributed by atoms with Crippen molar-refractivity contribution in [1.82, 2.24) is 14.8 Å². The Morgan fingerprint density at radius 3 is 2.22 bits per heavy atom. The fraction of sp³-hybridized carbons (Fsp3) is 0.294. The Bertz CT molecular complexity index is 874. The van der Waals surface area contributed by atoms with Crippen molar-refractivity contribution < 1.29 is 23.2 Å². The van der Waals surface area contributed by atoms with Crippen molar-refractivity contribution in [2.45, 2.75) is 6.92 Å². The van der Waals surface area contributed by atoms with Crippen LogP contribution in [0.5, 0.6) is 0 Å². The van der Waals surface area contributed by atoms with Gasteiger partial charge in [-0.1, -0.05) is 0 Å². The van der Waals surface area contributed by atoms with E-state index in [9.17, 15) is 23.2 Å². The fourth-order valence-corrected chi connectivity index (χ4v) is 3.35. The zero-order valence-corrected chi connectivity index (χ0v) is 15.2. The van der Waals surface area contributed by atoms with E-state index in [1.807, 2.05) is 0 Å². The Kier molecular flexibility index (Phi) is 5.45. The highest BCUT2D eigenvalue weighted by atomic mass is 32.1. The Hall–Kier alpha value is -2.88. The van der Waals surface area contributed by atoms with Crippen molar-refractivity contribution in [2.24, 2.45) is 0 Å². The number of carbonyl (C=O) groups is 3. The first-order chi connectivity index (χ1) is 12.8. The van der Waals surface area contributed by atoms with E-state index in [0.29, 0.717) is 32.2 Å². The number of thiazole rings is 1. The average Bonchev–Trinajstić information content (AvgIpc) is 3.08. The maximum atomic E-state index is 13.2. The van der Waals surface area contributed by atoms with Crippen LogP contribution >= 0.6 is 11.3 Å². The highest BCUT2D eigenvalue weighted by Crippen LogP contribution is 2.19. The van der Waals surface area contributed by atoms with Crippen LogP contribution < -0.4 is 5.32 Å². The average molecular weight is 394 g/mol. The van der Waals surface area contributed by atoms with Gasteiger partial charge in [0.1, 0.15) is 17.3 Å². The Labute approximate surface area is 157 Å². The third-order valence-electron chi connectivity index (χ3n) is 4.08. The van der Waals surface area contributed by atoms with E-state index < -0.39 is 17.5 Å². The summed E-state index contributed by atoms with van der Waals surface area (Å²) in [4.78, 5) is 43.2. The molecular formula is C17H16F2N4O3S. The Balaban J connectivity index is 1.63. The molecule has 7 nitrogen and oxygen atoms in total. The Morgan fingerprint density at radius 1 is 1.04 bits per heavy atom. The van der Waals surface area contributed by atoms with Crippen LogP contribution in [0.2, 0.25) is 0 Å². The molecule has 1 aromatic carbocycles. The molecule has 142 valence electrons. The molecule has 0 radical (unpaired) electrons. The summed E-state index contributed by atoms with van der Waals surface area (Å²) in [6.07, 6.45) is 0. The molecule has 0 aliphatic carbocycles. The second kappa shape index (κ2) is 7.78. The highest BCUT2D eigenvalue weighted by Gasteiger charge is 2.25. The summed E-state index contributed by atoms with van der Waals surface area (Å²) in [6, 6.07) is 2.49. The number of carbonyl (C=O) groups excluding carboxylic acids is 3. The normalized spacial score (nSPS) is 14.2. The number of nitrogens with one attached hydrogen (secondary N) is 1. The van der Waals surface area contributed by atoms with Crippen LogP contribution in [0.3, 0.4) is 0 Å². The van der Waals surface area contributed by atoms with Crippen molar-refractivity contribution in [2.75, 3.05) is 31.5 Å². The molecule has 0 saturated carbocycles. The molecular weight excluding hydrogens is 378 g/mol. The molecule has 1 aromatic heterocycles. The lowest BCUT2D eigenvalue weighted by Crippen LogP contribution is -2.50. The molecule has 1 fully saturated rings. The van der Waals surface area contributed by atoms with E-state index in [1.54, 1.807) is 9.80 Å². The number of amides is 3. The van der Waals surface area contributed by atoms with Crippen molar-refractivity contribution >= 4 is 34.2 Å². The molecule has 1 saturated heterocycles. The number of piperazine rings is 1. The number of nitrogens with zero attached hydrogens (tertiary/aromatic N) is 3. The van der Waals surface area contributed by atoms with Crippen LogP contribution in [0, 0.1) is 11.6 Å². The first kappa shape index (κ1) is 18.9. The summed E-state index contributed by atoms with van der Waals surface area (Å²) in [5, 5.41) is 4.07. The molecule has 0 spiro atoms. The van der Waals surface area contributed by atoms with Crippen molar-refractivity contribution in [3.05, 3.63) is 46.5 Å². The highest BCUT2D eigenvalue weighted by molar-refractivity contribution is 7.14. The van der Waals surface area contributed by atoms with Gasteiger partial charge < -0.3 is 9.80 Å². The van der Waals surface area contributed by atoms with Gasteiger partial charge in [0, 0.05) is 50.1 Å². The lowest BCUT2D eigenvalue weighted by molar-refractivity contribution is -0.130. The van der Waals surface area contributed by atoms with Gasteiger partial charge in [-0.2, -0.15) is 0 Å². The standard InChI is InChI=1S/C17H16F2N4O3S/c1-10(24)22-2-4-23(5-3-22)16(26)14-9-27-17(20-14)21-15(25)11-6-12(18)8-13(19)7-11/h6-9H,2-5H2,1H3,(H,20,21,25). The molecule has 0 unspecified atom stereocenters. The van der Waals surface area contributed by atoms with E-state index in [1.165, 1.54) is 12.3 Å². The molecule has 3 rings (SSSR count). The van der Waals surface area contributed by atoms with Gasteiger partial charge >= 0.3 is 0 Å².